The third-order valence-electron chi connectivity index (χ3n) is 0.131. The molecule has 0 unspecified atom stereocenters. The molecule has 0 aromatic carbocycles. The molecule has 0 aromatic rings. The Labute approximate surface area is 28.5 Å². The fraction of sp³-hybridized carbons (Fsp3) is 0.500. The molecule has 0 atom stereocenters. The maximum Gasteiger partial charge on any atom is 0.295 e. The molecule has 5 heavy (non-hydrogen) atoms. The summed E-state index contributed by atoms with van der Waals surface area (Å²) in [6, 6.07) is 0. The summed E-state index contributed by atoms with van der Waals surface area (Å²) in [6.07, 6.45) is 0. The lowest BCUT2D eigenvalue weighted by molar-refractivity contribution is -0.132. The molecular weight excluding hydrogens is 75.0 g/mol. The molecule has 0 spiro atoms. The normalized spacial score (nSPS) is 6.60. The second-order valence-corrected chi connectivity index (χ2v) is 0.372. The van der Waals surface area contributed by atoms with Gasteiger partial charge in [0.05, 0.1) is 0 Å². The first-order valence-corrected chi connectivity index (χ1v) is 1.03. The second-order valence-electron chi connectivity index (χ2n) is 0.372. The van der Waals surface area contributed by atoms with E-state index in [1.165, 1.54) is 0 Å². The van der Waals surface area contributed by atoms with Crippen LogP contribution in [0.25, 0.3) is 0 Å². The van der Waals surface area contributed by atoms with E-state index in [0.29, 0.717) is 0 Å². The number of carbonyl (C=O) groups is 1. The molecule has 0 saturated carbocycles. The third-order valence-corrected chi connectivity index (χ3v) is 0.131. The van der Waals surface area contributed by atoms with Crippen LogP contribution in [0.3, 0.4) is 0 Å². The van der Waals surface area contributed by atoms with Crippen LogP contribution in [-0.4, -0.2) is 13.3 Å². The van der Waals surface area contributed by atoms with Gasteiger partial charge in [0.1, 0.15) is 0 Å². The molecule has 0 radical (unpaired) electrons. The van der Waals surface area contributed by atoms with Crippen LogP contribution in [0.1, 0.15) is 0 Å². The lowest BCUT2D eigenvalue weighted by Gasteiger charge is -1.76. The minimum Gasteiger partial charge on any atom is -0.436 e. The molecule has 0 rings (SSSR count). The van der Waals surface area contributed by atoms with Gasteiger partial charge in [0, 0.05) is 0 Å². The zero-order valence-corrected chi connectivity index (χ0v) is 2.48. The number of rotatable bonds is 2. The highest BCUT2D eigenvalue weighted by Crippen LogP contribution is 1.60. The van der Waals surface area contributed by atoms with Gasteiger partial charge in [-0.25, -0.2) is 4.39 Å². The van der Waals surface area contributed by atoms with Crippen LogP contribution in [0.2, 0.25) is 0 Å². The van der Waals surface area contributed by atoms with Crippen molar-refractivity contribution in [2.45, 2.75) is 0 Å². The number of hydrogen-bond acceptors (Lipinski definition) is 2. The number of carbonyl (C=O) groups excluding carboxylic acids is 1. The third kappa shape index (κ3) is 3.40. The van der Waals surface area contributed by atoms with Crippen LogP contribution in [0, 0.1) is 0 Å². The van der Waals surface area contributed by atoms with Gasteiger partial charge in [-0.2, -0.15) is 0 Å². The molecule has 2 nitrogen and oxygen atoms in total. The van der Waals surface area contributed by atoms with Crippen LogP contribution in [0.15, 0.2) is 0 Å². The molecule has 0 heterocycles. The van der Waals surface area contributed by atoms with E-state index in [1.54, 1.807) is 0 Å². The summed E-state index contributed by atoms with van der Waals surface area (Å²) in [7, 11) is 0. The van der Waals surface area contributed by atoms with E-state index in [2.05, 4.69) is 4.74 Å². The van der Waals surface area contributed by atoms with E-state index >= 15 is 0 Å². The second kappa shape index (κ2) is 3.40. The molecule has 0 aromatic heterocycles. The van der Waals surface area contributed by atoms with E-state index < -0.39 is 6.86 Å². The minimum atomic E-state index is -1.02. The van der Waals surface area contributed by atoms with E-state index in [1.807, 2.05) is 0 Å². The van der Waals surface area contributed by atoms with Gasteiger partial charge >= 0.3 is 0 Å². The molecule has 0 aliphatic heterocycles. The Morgan fingerprint density at radius 1 is 2.00 bits per heavy atom. The summed E-state index contributed by atoms with van der Waals surface area (Å²) >= 11 is 0. The number of alkyl halides is 1. The van der Waals surface area contributed by atoms with Crippen LogP contribution in [-0.2, 0) is 9.53 Å². The molecule has 0 bridgehead atoms. The average Bonchev–Trinajstić information content (AvgIpc) is 1.41. The average molecular weight is 78.0 g/mol. The number of hydrogen-bond donors (Lipinski definition) is 0. The molecule has 0 aliphatic carbocycles. The molecule has 0 aliphatic rings. The Kier molecular flexibility index (Phi) is 2.99. The molecule has 0 N–H and O–H groups in total. The Hall–Kier alpha value is -0.600. The highest BCUT2D eigenvalue weighted by atomic mass is 19.1. The van der Waals surface area contributed by atoms with Crippen molar-refractivity contribution in [1.29, 1.82) is 0 Å². The van der Waals surface area contributed by atoms with Crippen LogP contribution < -0.4 is 0 Å². The van der Waals surface area contributed by atoms with Gasteiger partial charge < -0.3 is 4.74 Å². The zero-order valence-electron chi connectivity index (χ0n) is 2.48. The Bertz CT molecular complexity index is 28.8. The zero-order chi connectivity index (χ0) is 4.12. The van der Waals surface area contributed by atoms with Crippen molar-refractivity contribution < 1.29 is 13.9 Å². The lowest BCUT2D eigenvalue weighted by atomic mass is 11.5. The minimum absolute atomic E-state index is 0.0556. The molecular formula is C2H3FO2. The van der Waals surface area contributed by atoms with Crippen molar-refractivity contribution in [3.8, 4) is 0 Å². The summed E-state index contributed by atoms with van der Waals surface area (Å²) in [5.41, 5.74) is 0. The topological polar surface area (TPSA) is 26.3 Å². The predicted octanol–water partition coefficient (Wildman–Crippen LogP) is 0.0864. The summed E-state index contributed by atoms with van der Waals surface area (Å²) in [4.78, 5) is 8.94. The fourth-order valence-electron chi connectivity index (χ4n) is 0.0257. The monoisotopic (exact) mass is 78.0 g/mol. The van der Waals surface area contributed by atoms with Crippen molar-refractivity contribution in [2.24, 2.45) is 0 Å². The quantitative estimate of drug-likeness (QED) is 0.437. The van der Waals surface area contributed by atoms with E-state index in [4.69, 9.17) is 4.79 Å². The molecule has 30 valence electrons. The molecule has 3 heteroatoms. The van der Waals surface area contributed by atoms with Gasteiger partial charge in [-0.1, -0.05) is 0 Å². The van der Waals surface area contributed by atoms with E-state index in [9.17, 15) is 4.39 Å². The van der Waals surface area contributed by atoms with Gasteiger partial charge in [-0.15, -0.1) is 0 Å². The summed E-state index contributed by atoms with van der Waals surface area (Å²) in [5, 5.41) is 0. The first kappa shape index (κ1) is 4.40. The van der Waals surface area contributed by atoms with Crippen molar-refractivity contribution in [3.63, 3.8) is 0 Å². The highest BCUT2D eigenvalue weighted by Gasteiger charge is 1.64. The smallest absolute Gasteiger partial charge is 0.295 e. The van der Waals surface area contributed by atoms with Gasteiger partial charge in [0.25, 0.3) is 6.47 Å². The van der Waals surface area contributed by atoms with Gasteiger partial charge in [-0.3, -0.25) is 4.79 Å². The highest BCUT2D eigenvalue weighted by molar-refractivity contribution is 5.36. The SMILES string of the molecule is O=COCF. The summed E-state index contributed by atoms with van der Waals surface area (Å²) in [5.74, 6) is 0. The van der Waals surface area contributed by atoms with Gasteiger partial charge in [0.15, 0.2) is 0 Å². The number of ether oxygens (including phenoxy) is 1. The van der Waals surface area contributed by atoms with Crippen LogP contribution >= 0.6 is 0 Å². The van der Waals surface area contributed by atoms with Gasteiger partial charge in [0.2, 0.25) is 6.86 Å². The first-order chi connectivity index (χ1) is 2.41. The molecule has 0 amide bonds. The maximum absolute atomic E-state index is 10.5. The van der Waals surface area contributed by atoms with Crippen molar-refractivity contribution >= 4 is 6.47 Å². The Morgan fingerprint density at radius 3 is 2.60 bits per heavy atom. The molecule has 0 saturated heterocycles. The standard InChI is InChI=1S/C2H3FO2/c3-1-5-2-4/h2H,1H2. The van der Waals surface area contributed by atoms with Crippen LogP contribution in [0.4, 0.5) is 4.39 Å². The van der Waals surface area contributed by atoms with Gasteiger partial charge in [-0.05, 0) is 0 Å². The largest absolute Gasteiger partial charge is 0.436 e. The number of halogens is 1. The summed E-state index contributed by atoms with van der Waals surface area (Å²) in [6.45, 7) is -0.969. The first-order valence-electron chi connectivity index (χ1n) is 1.03. The van der Waals surface area contributed by atoms with Crippen molar-refractivity contribution in [3.05, 3.63) is 0 Å². The summed E-state index contributed by atoms with van der Waals surface area (Å²) < 4.78 is 14.0. The van der Waals surface area contributed by atoms with Crippen LogP contribution in [0.5, 0.6) is 0 Å². The fourth-order valence-corrected chi connectivity index (χ4v) is 0.0257. The van der Waals surface area contributed by atoms with E-state index in [0.717, 1.165) is 0 Å². The van der Waals surface area contributed by atoms with E-state index in [-0.39, 0.29) is 6.47 Å². The molecule has 0 fully saturated rings. The van der Waals surface area contributed by atoms with Crippen molar-refractivity contribution in [1.82, 2.24) is 0 Å². The predicted molar refractivity (Wildman–Crippen MR) is 13.1 cm³/mol. The Morgan fingerprint density at radius 2 is 2.60 bits per heavy atom. The Balaban J connectivity index is 2.40. The lowest BCUT2D eigenvalue weighted by Crippen LogP contribution is -1.79. The maximum atomic E-state index is 10.5. The van der Waals surface area contributed by atoms with Crippen molar-refractivity contribution in [2.75, 3.05) is 6.86 Å².